The number of esters is 1. The zero-order valence-electron chi connectivity index (χ0n) is 20.6. The predicted octanol–water partition coefficient (Wildman–Crippen LogP) is 5.79. The second-order valence-electron chi connectivity index (χ2n) is 8.83. The number of hydrogen-bond acceptors (Lipinski definition) is 5. The monoisotopic (exact) mass is 439 g/mol. The first kappa shape index (κ1) is 25.4. The Morgan fingerprint density at radius 1 is 1.16 bits per heavy atom. The van der Waals surface area contributed by atoms with Gasteiger partial charge in [-0.3, -0.25) is 14.5 Å². The van der Waals surface area contributed by atoms with Gasteiger partial charge in [0.15, 0.2) is 5.76 Å². The molecule has 2 rings (SSSR count). The van der Waals surface area contributed by atoms with E-state index in [0.29, 0.717) is 18.7 Å². The quantitative estimate of drug-likeness (QED) is 0.204. The highest BCUT2D eigenvalue weighted by Crippen LogP contribution is 2.29. The molecule has 0 unspecified atom stereocenters. The standard InChI is InChI=1S/C26H37N3O3/c1-8-10-11-24(30)31-18-32-25(23-16-19(3)28-29(23)9-2)22(17-27-7)20-12-14-21(15-13-20)26(4,5)6/h12-17H,8-11,18H2,1-7H3/b25-22-,27-17-. The lowest BCUT2D eigenvalue weighted by molar-refractivity contribution is -0.151. The van der Waals surface area contributed by atoms with Crippen LogP contribution in [0.5, 0.6) is 0 Å². The number of aryl methyl sites for hydroxylation is 2. The van der Waals surface area contributed by atoms with Gasteiger partial charge >= 0.3 is 5.97 Å². The lowest BCUT2D eigenvalue weighted by atomic mass is 9.86. The van der Waals surface area contributed by atoms with E-state index in [2.05, 4.69) is 55.1 Å². The van der Waals surface area contributed by atoms with Gasteiger partial charge in [-0.2, -0.15) is 5.10 Å². The highest BCUT2D eigenvalue weighted by molar-refractivity contribution is 6.18. The van der Waals surface area contributed by atoms with Crippen molar-refractivity contribution in [3.63, 3.8) is 0 Å². The zero-order chi connectivity index (χ0) is 23.7. The maximum Gasteiger partial charge on any atom is 0.308 e. The third-order valence-corrected chi connectivity index (χ3v) is 5.16. The molecule has 6 heteroatoms. The molecule has 0 amide bonds. The second kappa shape index (κ2) is 11.7. The van der Waals surface area contributed by atoms with Gasteiger partial charge in [0.1, 0.15) is 5.69 Å². The Bertz CT molecular complexity index is 948. The van der Waals surface area contributed by atoms with Crippen LogP contribution in [0.4, 0.5) is 0 Å². The number of unbranched alkanes of at least 4 members (excludes halogenated alkanes) is 1. The minimum absolute atomic E-state index is 0.0607. The van der Waals surface area contributed by atoms with Gasteiger partial charge in [0.25, 0.3) is 0 Å². The van der Waals surface area contributed by atoms with Crippen molar-refractivity contribution in [3.8, 4) is 0 Å². The minimum Gasteiger partial charge on any atom is -0.454 e. The van der Waals surface area contributed by atoms with Crippen LogP contribution in [0.3, 0.4) is 0 Å². The van der Waals surface area contributed by atoms with E-state index < -0.39 is 0 Å². The van der Waals surface area contributed by atoms with Gasteiger partial charge in [-0.25, -0.2) is 0 Å². The number of carbonyl (C=O) groups excluding carboxylic acids is 1. The molecule has 2 aromatic rings. The van der Waals surface area contributed by atoms with Crippen LogP contribution in [0.15, 0.2) is 35.3 Å². The summed E-state index contributed by atoms with van der Waals surface area (Å²) in [5, 5.41) is 4.57. The molecule has 1 aromatic carbocycles. The smallest absolute Gasteiger partial charge is 0.308 e. The molecule has 6 nitrogen and oxygen atoms in total. The number of aromatic nitrogens is 2. The molecule has 0 bridgehead atoms. The van der Waals surface area contributed by atoms with Crippen molar-refractivity contribution in [2.24, 2.45) is 4.99 Å². The summed E-state index contributed by atoms with van der Waals surface area (Å²) in [5.41, 5.74) is 4.80. The lowest BCUT2D eigenvalue weighted by Crippen LogP contribution is -2.12. The van der Waals surface area contributed by atoms with Gasteiger partial charge in [-0.1, -0.05) is 58.4 Å². The predicted molar refractivity (Wildman–Crippen MR) is 131 cm³/mol. The van der Waals surface area contributed by atoms with E-state index in [4.69, 9.17) is 9.47 Å². The highest BCUT2D eigenvalue weighted by atomic mass is 16.7. The Morgan fingerprint density at radius 2 is 1.84 bits per heavy atom. The normalized spacial score (nSPS) is 12.7. The number of hydrogen-bond donors (Lipinski definition) is 0. The number of aliphatic imine (C=N–C) groups is 1. The minimum atomic E-state index is -0.258. The van der Waals surface area contributed by atoms with E-state index in [1.165, 1.54) is 5.56 Å². The average molecular weight is 440 g/mol. The molecule has 0 aliphatic carbocycles. The summed E-state index contributed by atoms with van der Waals surface area (Å²) in [6.45, 7) is 13.1. The molecule has 0 saturated carbocycles. The fraction of sp³-hybridized carbons (Fsp3) is 0.500. The van der Waals surface area contributed by atoms with E-state index >= 15 is 0 Å². The number of carbonyl (C=O) groups is 1. The number of nitrogens with zero attached hydrogens (tertiary/aromatic N) is 3. The molecule has 0 saturated heterocycles. The number of ether oxygens (including phenoxy) is 2. The largest absolute Gasteiger partial charge is 0.454 e. The van der Waals surface area contributed by atoms with Crippen molar-refractivity contribution in [3.05, 3.63) is 52.8 Å². The molecule has 0 spiro atoms. The van der Waals surface area contributed by atoms with Gasteiger partial charge < -0.3 is 9.47 Å². The van der Waals surface area contributed by atoms with Gasteiger partial charge in [0.05, 0.1) is 5.69 Å². The molecule has 0 aliphatic heterocycles. The van der Waals surface area contributed by atoms with E-state index in [1.807, 2.05) is 31.5 Å². The molecular formula is C26H37N3O3. The lowest BCUT2D eigenvalue weighted by Gasteiger charge is -2.20. The number of allylic oxidation sites excluding steroid dienone is 1. The van der Waals surface area contributed by atoms with Crippen molar-refractivity contribution in [2.45, 2.75) is 72.8 Å². The molecule has 1 aromatic heterocycles. The van der Waals surface area contributed by atoms with Crippen LogP contribution < -0.4 is 0 Å². The third-order valence-electron chi connectivity index (χ3n) is 5.16. The summed E-state index contributed by atoms with van der Waals surface area (Å²) in [5.74, 6) is 0.330. The van der Waals surface area contributed by atoms with E-state index in [9.17, 15) is 4.79 Å². The fourth-order valence-corrected chi connectivity index (χ4v) is 3.35. The first-order chi connectivity index (χ1) is 15.2. The molecule has 0 atom stereocenters. The molecular weight excluding hydrogens is 402 g/mol. The van der Waals surface area contributed by atoms with Crippen LogP contribution in [-0.4, -0.2) is 35.8 Å². The zero-order valence-corrected chi connectivity index (χ0v) is 20.6. The molecule has 0 fully saturated rings. The van der Waals surface area contributed by atoms with Gasteiger partial charge in [-0.05, 0) is 42.9 Å². The summed E-state index contributed by atoms with van der Waals surface area (Å²) < 4.78 is 13.3. The van der Waals surface area contributed by atoms with Crippen molar-refractivity contribution in [2.75, 3.05) is 13.8 Å². The van der Waals surface area contributed by atoms with Gasteiger partial charge in [0.2, 0.25) is 6.79 Å². The van der Waals surface area contributed by atoms with Crippen molar-refractivity contribution in [1.82, 2.24) is 9.78 Å². The Kier molecular flexibility index (Phi) is 9.24. The molecule has 0 radical (unpaired) electrons. The Morgan fingerprint density at radius 3 is 2.41 bits per heavy atom. The first-order valence-corrected chi connectivity index (χ1v) is 11.3. The SMILES string of the molecule is CCCCC(=O)OCO/C(=C(/C=N\C)c1ccc(C(C)(C)C)cc1)c1cc(C)nn1CC. The summed E-state index contributed by atoms with van der Waals surface area (Å²) in [4.78, 5) is 16.3. The summed E-state index contributed by atoms with van der Waals surface area (Å²) >= 11 is 0. The van der Waals surface area contributed by atoms with Gasteiger partial charge in [-0.15, -0.1) is 0 Å². The summed E-state index contributed by atoms with van der Waals surface area (Å²) in [7, 11) is 1.73. The van der Waals surface area contributed by atoms with Crippen LogP contribution >= 0.6 is 0 Å². The van der Waals surface area contributed by atoms with Crippen LogP contribution in [-0.2, 0) is 26.2 Å². The number of benzene rings is 1. The second-order valence-corrected chi connectivity index (χ2v) is 8.83. The molecule has 1 heterocycles. The van der Waals surface area contributed by atoms with Crippen LogP contribution in [0.25, 0.3) is 11.3 Å². The molecule has 0 N–H and O–H groups in total. The van der Waals surface area contributed by atoms with Gasteiger partial charge in [0, 0.05) is 31.8 Å². The van der Waals surface area contributed by atoms with Crippen molar-refractivity contribution in [1.29, 1.82) is 0 Å². The van der Waals surface area contributed by atoms with E-state index in [-0.39, 0.29) is 18.2 Å². The average Bonchev–Trinajstić information content (AvgIpc) is 3.14. The van der Waals surface area contributed by atoms with Crippen molar-refractivity contribution >= 4 is 23.5 Å². The fourth-order valence-electron chi connectivity index (χ4n) is 3.35. The van der Waals surface area contributed by atoms with Crippen LogP contribution in [0.1, 0.15) is 76.4 Å². The molecule has 174 valence electrons. The summed E-state index contributed by atoms with van der Waals surface area (Å²) in [6, 6.07) is 10.4. The first-order valence-electron chi connectivity index (χ1n) is 11.3. The summed E-state index contributed by atoms with van der Waals surface area (Å²) in [6.07, 6.45) is 3.92. The topological polar surface area (TPSA) is 65.7 Å². The molecule has 0 aliphatic rings. The van der Waals surface area contributed by atoms with Crippen LogP contribution in [0, 0.1) is 6.92 Å². The van der Waals surface area contributed by atoms with Crippen molar-refractivity contribution < 1.29 is 14.3 Å². The molecule has 32 heavy (non-hydrogen) atoms. The Labute approximate surface area is 192 Å². The number of rotatable bonds is 10. The maximum absolute atomic E-state index is 12.0. The maximum atomic E-state index is 12.0. The highest BCUT2D eigenvalue weighted by Gasteiger charge is 2.19. The van der Waals surface area contributed by atoms with E-state index in [1.54, 1.807) is 13.3 Å². The Balaban J connectivity index is 2.50. The third kappa shape index (κ3) is 6.81. The van der Waals surface area contributed by atoms with Crippen LogP contribution in [0.2, 0.25) is 0 Å². The Hall–Kier alpha value is -2.89. The van der Waals surface area contributed by atoms with E-state index in [0.717, 1.165) is 35.4 Å².